The van der Waals surface area contributed by atoms with Crippen LogP contribution in [0.2, 0.25) is 0 Å². The molecule has 0 fully saturated rings. The SMILES string of the molecule is CC(C)CNC(=O)C(C)Nc1cc(F)cc(F)c1[N+](=O)[O-]. The summed E-state index contributed by atoms with van der Waals surface area (Å²) in [6.45, 7) is 5.70. The largest absolute Gasteiger partial charge is 0.368 e. The van der Waals surface area contributed by atoms with Crippen LogP contribution in [0.15, 0.2) is 12.1 Å². The molecule has 6 nitrogen and oxygen atoms in total. The van der Waals surface area contributed by atoms with Crippen molar-refractivity contribution in [3.63, 3.8) is 0 Å². The molecule has 0 bridgehead atoms. The molecule has 1 amide bonds. The van der Waals surface area contributed by atoms with Gasteiger partial charge in [0.2, 0.25) is 11.7 Å². The van der Waals surface area contributed by atoms with Crippen LogP contribution in [0.3, 0.4) is 0 Å². The van der Waals surface area contributed by atoms with Gasteiger partial charge in [0.1, 0.15) is 17.5 Å². The summed E-state index contributed by atoms with van der Waals surface area (Å²) in [6, 6.07) is 0.337. The van der Waals surface area contributed by atoms with Crippen LogP contribution in [0.1, 0.15) is 20.8 Å². The minimum Gasteiger partial charge on any atom is -0.368 e. The molecular formula is C13H17F2N3O3. The monoisotopic (exact) mass is 301 g/mol. The van der Waals surface area contributed by atoms with Crippen LogP contribution in [0.4, 0.5) is 20.2 Å². The molecule has 0 heterocycles. The Morgan fingerprint density at radius 2 is 1.95 bits per heavy atom. The normalized spacial score (nSPS) is 12.1. The number of nitro benzene ring substituents is 1. The summed E-state index contributed by atoms with van der Waals surface area (Å²) in [5, 5.41) is 15.9. The number of nitrogens with zero attached hydrogens (tertiary/aromatic N) is 1. The number of hydrogen-bond donors (Lipinski definition) is 2. The standard InChI is InChI=1S/C13H17F2N3O3/c1-7(2)6-16-13(19)8(3)17-11-5-9(14)4-10(15)12(11)18(20)21/h4-5,7-8,17H,6H2,1-3H3,(H,16,19). The summed E-state index contributed by atoms with van der Waals surface area (Å²) in [4.78, 5) is 21.6. The Morgan fingerprint density at radius 3 is 2.48 bits per heavy atom. The van der Waals surface area contributed by atoms with Crippen LogP contribution in [0.5, 0.6) is 0 Å². The van der Waals surface area contributed by atoms with Crippen LogP contribution in [0.25, 0.3) is 0 Å². The van der Waals surface area contributed by atoms with E-state index in [-0.39, 0.29) is 11.6 Å². The summed E-state index contributed by atoms with van der Waals surface area (Å²) in [6.07, 6.45) is 0. The number of halogens is 2. The van der Waals surface area contributed by atoms with Gasteiger partial charge in [-0.3, -0.25) is 14.9 Å². The Balaban J connectivity index is 2.91. The maximum Gasteiger partial charge on any atom is 0.327 e. The zero-order valence-corrected chi connectivity index (χ0v) is 11.9. The number of anilines is 1. The van der Waals surface area contributed by atoms with Crippen molar-refractivity contribution in [1.82, 2.24) is 5.32 Å². The molecule has 0 spiro atoms. The van der Waals surface area contributed by atoms with Crippen LogP contribution >= 0.6 is 0 Å². The third-order valence-corrected chi connectivity index (χ3v) is 2.66. The molecule has 2 N–H and O–H groups in total. The number of carbonyl (C=O) groups excluding carboxylic acids is 1. The molecule has 0 aliphatic rings. The fourth-order valence-corrected chi connectivity index (χ4v) is 1.62. The van der Waals surface area contributed by atoms with E-state index >= 15 is 0 Å². The molecular weight excluding hydrogens is 284 g/mol. The molecule has 116 valence electrons. The van der Waals surface area contributed by atoms with E-state index in [2.05, 4.69) is 10.6 Å². The molecule has 0 radical (unpaired) electrons. The van der Waals surface area contributed by atoms with Gasteiger partial charge in [0.25, 0.3) is 0 Å². The lowest BCUT2D eigenvalue weighted by Crippen LogP contribution is -2.39. The van der Waals surface area contributed by atoms with Gasteiger partial charge >= 0.3 is 5.69 Å². The van der Waals surface area contributed by atoms with Gasteiger partial charge in [0.15, 0.2) is 0 Å². The van der Waals surface area contributed by atoms with E-state index in [1.54, 1.807) is 0 Å². The summed E-state index contributed by atoms with van der Waals surface area (Å²) >= 11 is 0. The van der Waals surface area contributed by atoms with Crippen molar-refractivity contribution in [2.45, 2.75) is 26.8 Å². The Kier molecular flexibility index (Phi) is 5.57. The van der Waals surface area contributed by atoms with Crippen molar-refractivity contribution in [3.8, 4) is 0 Å². The Bertz CT molecular complexity index is 550. The highest BCUT2D eigenvalue weighted by Gasteiger charge is 2.24. The Labute approximate surface area is 120 Å². The van der Waals surface area contributed by atoms with Gasteiger partial charge in [-0.25, -0.2) is 4.39 Å². The molecule has 21 heavy (non-hydrogen) atoms. The number of benzene rings is 1. The number of carbonyl (C=O) groups is 1. The lowest BCUT2D eigenvalue weighted by molar-refractivity contribution is -0.386. The van der Waals surface area contributed by atoms with Crippen LogP contribution < -0.4 is 10.6 Å². The van der Waals surface area contributed by atoms with Gasteiger partial charge in [-0.05, 0) is 12.8 Å². The van der Waals surface area contributed by atoms with Crippen molar-refractivity contribution in [1.29, 1.82) is 0 Å². The van der Waals surface area contributed by atoms with Crippen molar-refractivity contribution in [2.75, 3.05) is 11.9 Å². The maximum absolute atomic E-state index is 13.4. The second kappa shape index (κ2) is 6.96. The van der Waals surface area contributed by atoms with Crippen LogP contribution in [-0.4, -0.2) is 23.4 Å². The molecule has 0 aliphatic carbocycles. The van der Waals surface area contributed by atoms with E-state index in [0.29, 0.717) is 12.6 Å². The molecule has 0 aromatic heterocycles. The first-order valence-electron chi connectivity index (χ1n) is 6.40. The van der Waals surface area contributed by atoms with E-state index in [0.717, 1.165) is 6.07 Å². The third kappa shape index (κ3) is 4.66. The Hall–Kier alpha value is -2.25. The fraction of sp³-hybridized carbons (Fsp3) is 0.462. The first kappa shape index (κ1) is 16.8. The van der Waals surface area contributed by atoms with E-state index in [4.69, 9.17) is 0 Å². The molecule has 0 saturated heterocycles. The molecule has 0 saturated carbocycles. The molecule has 8 heteroatoms. The highest BCUT2D eigenvalue weighted by molar-refractivity contribution is 5.85. The van der Waals surface area contributed by atoms with Crippen molar-refractivity contribution in [3.05, 3.63) is 33.9 Å². The second-order valence-electron chi connectivity index (χ2n) is 5.05. The minimum atomic E-state index is -1.29. The van der Waals surface area contributed by atoms with Gasteiger partial charge in [-0.15, -0.1) is 0 Å². The quantitative estimate of drug-likeness (QED) is 0.624. The van der Waals surface area contributed by atoms with E-state index in [1.165, 1.54) is 6.92 Å². The highest BCUT2D eigenvalue weighted by atomic mass is 19.1. The van der Waals surface area contributed by atoms with Gasteiger partial charge in [0.05, 0.1) is 4.92 Å². The topological polar surface area (TPSA) is 84.3 Å². The molecule has 1 rings (SSSR count). The van der Waals surface area contributed by atoms with E-state index in [1.807, 2.05) is 13.8 Å². The number of nitro groups is 1. The maximum atomic E-state index is 13.4. The molecule has 1 aromatic rings. The van der Waals surface area contributed by atoms with Gasteiger partial charge in [0, 0.05) is 18.7 Å². The van der Waals surface area contributed by atoms with Crippen molar-refractivity contribution in [2.24, 2.45) is 5.92 Å². The Morgan fingerprint density at radius 1 is 1.33 bits per heavy atom. The summed E-state index contributed by atoms with van der Waals surface area (Å²) < 4.78 is 26.6. The van der Waals surface area contributed by atoms with Gasteiger partial charge < -0.3 is 10.6 Å². The van der Waals surface area contributed by atoms with Gasteiger partial charge in [-0.1, -0.05) is 13.8 Å². The summed E-state index contributed by atoms with van der Waals surface area (Å²) in [5.41, 5.74) is -1.26. The molecule has 0 aliphatic heterocycles. The summed E-state index contributed by atoms with van der Waals surface area (Å²) in [7, 11) is 0. The third-order valence-electron chi connectivity index (χ3n) is 2.66. The second-order valence-corrected chi connectivity index (χ2v) is 5.05. The van der Waals surface area contributed by atoms with Crippen molar-refractivity contribution >= 4 is 17.3 Å². The van der Waals surface area contributed by atoms with Crippen LogP contribution in [0, 0.1) is 27.7 Å². The highest BCUT2D eigenvalue weighted by Crippen LogP contribution is 2.29. The number of hydrogen-bond acceptors (Lipinski definition) is 4. The fourth-order valence-electron chi connectivity index (χ4n) is 1.62. The van der Waals surface area contributed by atoms with E-state index in [9.17, 15) is 23.7 Å². The van der Waals surface area contributed by atoms with Gasteiger partial charge in [-0.2, -0.15) is 4.39 Å². The minimum absolute atomic E-state index is 0.238. The first-order chi connectivity index (χ1) is 9.72. The zero-order chi connectivity index (χ0) is 16.2. The zero-order valence-electron chi connectivity index (χ0n) is 11.9. The lowest BCUT2D eigenvalue weighted by Gasteiger charge is -2.16. The molecule has 1 aromatic carbocycles. The van der Waals surface area contributed by atoms with Crippen LogP contribution in [-0.2, 0) is 4.79 Å². The lowest BCUT2D eigenvalue weighted by atomic mass is 10.2. The number of nitrogens with one attached hydrogen (secondary N) is 2. The predicted octanol–water partition coefficient (Wildman–Crippen LogP) is 2.45. The molecule has 1 unspecified atom stereocenters. The summed E-state index contributed by atoms with van der Waals surface area (Å²) in [5.74, 6) is -2.43. The molecule has 1 atom stereocenters. The smallest absolute Gasteiger partial charge is 0.327 e. The average Bonchev–Trinajstić information content (AvgIpc) is 2.34. The first-order valence-corrected chi connectivity index (χ1v) is 6.40. The predicted molar refractivity (Wildman–Crippen MR) is 73.9 cm³/mol. The van der Waals surface area contributed by atoms with Crippen molar-refractivity contribution < 1.29 is 18.5 Å². The number of rotatable bonds is 6. The van der Waals surface area contributed by atoms with E-state index < -0.39 is 34.2 Å². The number of amides is 1. The average molecular weight is 301 g/mol.